The Labute approximate surface area is 96.8 Å². The van der Waals surface area contributed by atoms with E-state index in [0.717, 1.165) is 25.9 Å². The second kappa shape index (κ2) is 4.32. The highest BCUT2D eigenvalue weighted by Gasteiger charge is 2.40. The lowest BCUT2D eigenvalue weighted by molar-refractivity contribution is -0.145. The van der Waals surface area contributed by atoms with Gasteiger partial charge in [-0.2, -0.15) is 5.26 Å². The fraction of sp³-hybridized carbons (Fsp3) is 0.833. The van der Waals surface area contributed by atoms with Crippen LogP contribution < -0.4 is 0 Å². The number of rotatable bonds is 1. The summed E-state index contributed by atoms with van der Waals surface area (Å²) in [6.07, 6.45) is 4.27. The highest BCUT2D eigenvalue weighted by Crippen LogP contribution is 2.32. The van der Waals surface area contributed by atoms with Gasteiger partial charge >= 0.3 is 0 Å². The second-order valence-corrected chi connectivity index (χ2v) is 5.12. The molecule has 0 bridgehead atoms. The number of carbonyl (C=O) groups excluding carboxylic acids is 1. The molecule has 0 radical (unpaired) electrons. The van der Waals surface area contributed by atoms with E-state index in [0.29, 0.717) is 12.5 Å². The molecule has 0 aromatic carbocycles. The minimum Gasteiger partial charge on any atom is -0.340 e. The normalized spacial score (nSPS) is 30.2. The van der Waals surface area contributed by atoms with Crippen LogP contribution >= 0.6 is 0 Å². The van der Waals surface area contributed by atoms with E-state index < -0.39 is 0 Å². The van der Waals surface area contributed by atoms with Gasteiger partial charge in [0.05, 0.1) is 5.92 Å². The summed E-state index contributed by atoms with van der Waals surface area (Å²) in [7, 11) is 0. The summed E-state index contributed by atoms with van der Waals surface area (Å²) in [5.41, 5.74) is 0. The van der Waals surface area contributed by atoms with E-state index in [1.54, 1.807) is 4.90 Å². The molecule has 0 unspecified atom stereocenters. The molecule has 2 rings (SSSR count). The predicted molar refractivity (Wildman–Crippen MR) is 60.2 cm³/mol. The summed E-state index contributed by atoms with van der Waals surface area (Å²) < 4.78 is 0. The van der Waals surface area contributed by atoms with Gasteiger partial charge in [-0.25, -0.2) is 0 Å². The van der Waals surface area contributed by atoms with Gasteiger partial charge in [0.2, 0.25) is 5.91 Å². The molecule has 16 heavy (non-hydrogen) atoms. The maximum atomic E-state index is 12.3. The van der Waals surface area contributed by atoms with E-state index in [2.05, 4.69) is 20.0 Å². The number of hydrogen-bond acceptors (Lipinski definition) is 3. The first kappa shape index (κ1) is 11.3. The molecule has 0 spiro atoms. The molecule has 4 heteroatoms. The number of likely N-dealkylation sites (tertiary alicyclic amines) is 2. The summed E-state index contributed by atoms with van der Waals surface area (Å²) in [6, 6.07) is 0.283. The average molecular weight is 221 g/mol. The second-order valence-electron chi connectivity index (χ2n) is 5.12. The lowest BCUT2D eigenvalue weighted by atomic mass is 9.79. The third kappa shape index (κ3) is 1.87. The van der Waals surface area contributed by atoms with Crippen molar-refractivity contribution >= 4 is 5.91 Å². The van der Waals surface area contributed by atoms with Crippen molar-refractivity contribution in [2.75, 3.05) is 19.6 Å². The standard InChI is InChI=1S/C12H19N3O/c1-9(2)15-6-4-10-3-5-14(8-13)7-11(10)12(15)16/h9-11H,3-7H2,1-2H3/t10-,11-/m0/s1. The number of carbonyl (C=O) groups is 1. The molecule has 1 amide bonds. The Kier molecular flexibility index (Phi) is 3.04. The SMILES string of the molecule is CC(C)N1CC[C@@H]2CCN(C#N)C[C@@H]2C1=O. The van der Waals surface area contributed by atoms with Gasteiger partial charge in [-0.15, -0.1) is 0 Å². The van der Waals surface area contributed by atoms with Crippen molar-refractivity contribution < 1.29 is 4.79 Å². The van der Waals surface area contributed by atoms with Gasteiger partial charge in [0.25, 0.3) is 0 Å². The number of amides is 1. The third-order valence-corrected chi connectivity index (χ3v) is 3.86. The minimum absolute atomic E-state index is 0.0598. The summed E-state index contributed by atoms with van der Waals surface area (Å²) >= 11 is 0. The minimum atomic E-state index is 0.0598. The molecule has 0 aromatic heterocycles. The van der Waals surface area contributed by atoms with Crippen LogP contribution in [0.2, 0.25) is 0 Å². The maximum absolute atomic E-state index is 12.3. The number of nitriles is 1. The van der Waals surface area contributed by atoms with Crippen LogP contribution in [0, 0.1) is 23.3 Å². The third-order valence-electron chi connectivity index (χ3n) is 3.86. The average Bonchev–Trinajstić information content (AvgIpc) is 2.28. The largest absolute Gasteiger partial charge is 0.340 e. The Hall–Kier alpha value is -1.24. The van der Waals surface area contributed by atoms with Gasteiger partial charge in [0.1, 0.15) is 0 Å². The van der Waals surface area contributed by atoms with Crippen molar-refractivity contribution in [2.24, 2.45) is 11.8 Å². The maximum Gasteiger partial charge on any atom is 0.228 e. The van der Waals surface area contributed by atoms with Crippen molar-refractivity contribution in [3.05, 3.63) is 0 Å². The highest BCUT2D eigenvalue weighted by molar-refractivity contribution is 5.80. The summed E-state index contributed by atoms with van der Waals surface area (Å²) in [5, 5.41) is 8.89. The Morgan fingerprint density at radius 2 is 2.06 bits per heavy atom. The lowest BCUT2D eigenvalue weighted by Gasteiger charge is -2.44. The van der Waals surface area contributed by atoms with Gasteiger partial charge < -0.3 is 9.80 Å². The molecule has 2 fully saturated rings. The quantitative estimate of drug-likeness (QED) is 0.622. The van der Waals surface area contributed by atoms with E-state index in [4.69, 9.17) is 5.26 Å². The summed E-state index contributed by atoms with van der Waals surface area (Å²) in [5.74, 6) is 0.822. The van der Waals surface area contributed by atoms with Crippen LogP contribution in [0.15, 0.2) is 0 Å². The van der Waals surface area contributed by atoms with Crippen molar-refractivity contribution in [2.45, 2.75) is 32.7 Å². The molecule has 0 saturated carbocycles. The number of piperidine rings is 2. The molecule has 2 aliphatic heterocycles. The number of nitrogens with zero attached hydrogens (tertiary/aromatic N) is 3. The first-order valence-electron chi connectivity index (χ1n) is 6.08. The van der Waals surface area contributed by atoms with Crippen molar-refractivity contribution in [1.29, 1.82) is 5.26 Å². The van der Waals surface area contributed by atoms with Crippen LogP contribution in [-0.4, -0.2) is 41.4 Å². The Bertz CT molecular complexity index is 321. The van der Waals surface area contributed by atoms with E-state index in [1.165, 1.54) is 0 Å². The number of hydrogen-bond donors (Lipinski definition) is 0. The van der Waals surface area contributed by atoms with E-state index in [-0.39, 0.29) is 17.9 Å². The first-order valence-corrected chi connectivity index (χ1v) is 6.08. The zero-order chi connectivity index (χ0) is 11.7. The first-order chi connectivity index (χ1) is 7.63. The van der Waals surface area contributed by atoms with Crippen LogP contribution in [0.3, 0.4) is 0 Å². The monoisotopic (exact) mass is 221 g/mol. The van der Waals surface area contributed by atoms with Crippen molar-refractivity contribution in [3.8, 4) is 6.19 Å². The summed E-state index contributed by atoms with van der Waals surface area (Å²) in [4.78, 5) is 15.9. The van der Waals surface area contributed by atoms with Crippen LogP contribution in [0.4, 0.5) is 0 Å². The van der Waals surface area contributed by atoms with E-state index >= 15 is 0 Å². The summed E-state index contributed by atoms with van der Waals surface area (Å²) in [6.45, 7) is 6.46. The van der Waals surface area contributed by atoms with Gasteiger partial charge in [0, 0.05) is 25.7 Å². The molecule has 88 valence electrons. The molecule has 2 heterocycles. The zero-order valence-corrected chi connectivity index (χ0v) is 10.0. The van der Waals surface area contributed by atoms with Crippen LogP contribution in [-0.2, 0) is 4.79 Å². The highest BCUT2D eigenvalue weighted by atomic mass is 16.2. The van der Waals surface area contributed by atoms with E-state index in [1.807, 2.05) is 4.90 Å². The Morgan fingerprint density at radius 3 is 2.69 bits per heavy atom. The smallest absolute Gasteiger partial charge is 0.228 e. The zero-order valence-electron chi connectivity index (χ0n) is 10.0. The topological polar surface area (TPSA) is 47.3 Å². The Morgan fingerprint density at radius 1 is 1.38 bits per heavy atom. The molecule has 2 aliphatic rings. The fourth-order valence-corrected chi connectivity index (χ4v) is 2.86. The van der Waals surface area contributed by atoms with Gasteiger partial charge in [-0.1, -0.05) is 0 Å². The van der Waals surface area contributed by atoms with Gasteiger partial charge in [-0.3, -0.25) is 4.79 Å². The predicted octanol–water partition coefficient (Wildman–Crippen LogP) is 1.05. The van der Waals surface area contributed by atoms with Gasteiger partial charge in [0.15, 0.2) is 6.19 Å². The van der Waals surface area contributed by atoms with Crippen LogP contribution in [0.1, 0.15) is 26.7 Å². The van der Waals surface area contributed by atoms with E-state index in [9.17, 15) is 4.79 Å². The molecular formula is C12H19N3O. The molecule has 0 aliphatic carbocycles. The van der Waals surface area contributed by atoms with Crippen molar-refractivity contribution in [1.82, 2.24) is 9.80 Å². The molecule has 2 saturated heterocycles. The molecule has 0 N–H and O–H groups in total. The van der Waals surface area contributed by atoms with Gasteiger partial charge in [-0.05, 0) is 32.6 Å². The van der Waals surface area contributed by atoms with Crippen LogP contribution in [0.25, 0.3) is 0 Å². The molecule has 0 aromatic rings. The van der Waals surface area contributed by atoms with Crippen molar-refractivity contribution in [3.63, 3.8) is 0 Å². The molecule has 4 nitrogen and oxygen atoms in total. The number of fused-ring (bicyclic) bond motifs is 1. The lowest BCUT2D eigenvalue weighted by Crippen LogP contribution is -2.54. The van der Waals surface area contributed by atoms with Crippen LogP contribution in [0.5, 0.6) is 0 Å². The Balaban J connectivity index is 2.09. The fourth-order valence-electron chi connectivity index (χ4n) is 2.86. The molecule has 2 atom stereocenters. The molecular weight excluding hydrogens is 202 g/mol.